The minimum Gasteiger partial charge on any atom is -0.490 e. The smallest absolute Gasteiger partial charge is 0.161 e. The Morgan fingerprint density at radius 2 is 1.84 bits per heavy atom. The minimum absolute atomic E-state index is 0. The monoisotopic (exact) mass is 405 g/mol. The van der Waals surface area contributed by atoms with Gasteiger partial charge in [0, 0.05) is 28.7 Å². The Morgan fingerprint density at radius 3 is 2.52 bits per heavy atom. The van der Waals surface area contributed by atoms with Gasteiger partial charge < -0.3 is 19.9 Å². The van der Waals surface area contributed by atoms with Crippen LogP contribution in [0.3, 0.4) is 0 Å². The molecule has 0 fully saturated rings. The van der Waals surface area contributed by atoms with Crippen LogP contribution in [0.25, 0.3) is 0 Å². The van der Waals surface area contributed by atoms with Gasteiger partial charge in [0.15, 0.2) is 11.5 Å². The second-order valence-electron chi connectivity index (χ2n) is 5.14. The summed E-state index contributed by atoms with van der Waals surface area (Å²) in [6, 6.07) is 11.1. The second-order valence-corrected chi connectivity index (χ2v) is 5.98. The van der Waals surface area contributed by atoms with Crippen molar-refractivity contribution >= 4 is 35.6 Å². The summed E-state index contributed by atoms with van der Waals surface area (Å²) in [6.07, 6.45) is 0. The first-order valence-corrected chi connectivity index (χ1v) is 8.53. The number of hydrogen-bond donors (Lipinski definition) is 2. The van der Waals surface area contributed by atoms with Crippen LogP contribution >= 0.6 is 35.6 Å². The normalized spacial score (nSPS) is 10.2. The van der Waals surface area contributed by atoms with Crippen LogP contribution < -0.4 is 14.8 Å². The Labute approximate surface area is 164 Å². The van der Waals surface area contributed by atoms with Gasteiger partial charge in [0.25, 0.3) is 0 Å². The van der Waals surface area contributed by atoms with Crippen molar-refractivity contribution in [2.24, 2.45) is 0 Å². The van der Waals surface area contributed by atoms with E-state index in [0.717, 1.165) is 11.1 Å². The standard InChI is InChI=1S/C18H21Cl2NO3.ClH/c1-2-23-18-9-13(11-21-7-8-22)3-6-17(18)24-12-14-4-5-15(19)10-16(14)20;/h3-6,9-10,21-22H,2,7-8,11-12H2,1H3;1H. The first-order chi connectivity index (χ1) is 11.6. The molecule has 0 amide bonds. The van der Waals surface area contributed by atoms with Gasteiger partial charge in [-0.3, -0.25) is 0 Å². The van der Waals surface area contributed by atoms with E-state index in [9.17, 15) is 0 Å². The zero-order valence-corrected chi connectivity index (χ0v) is 16.3. The van der Waals surface area contributed by atoms with E-state index in [1.165, 1.54) is 0 Å². The topological polar surface area (TPSA) is 50.7 Å². The SMILES string of the molecule is CCOc1cc(CNCCO)ccc1OCc1ccc(Cl)cc1Cl.Cl. The predicted octanol–water partition coefficient (Wildman–Crippen LogP) is 4.47. The van der Waals surface area contributed by atoms with Crippen LogP contribution in [0.1, 0.15) is 18.1 Å². The van der Waals surface area contributed by atoms with E-state index in [1.54, 1.807) is 12.1 Å². The molecular weight excluding hydrogens is 385 g/mol. The zero-order chi connectivity index (χ0) is 17.4. The van der Waals surface area contributed by atoms with E-state index in [-0.39, 0.29) is 19.0 Å². The molecule has 0 aliphatic rings. The Bertz CT molecular complexity index is 668. The molecule has 0 saturated carbocycles. The molecule has 138 valence electrons. The van der Waals surface area contributed by atoms with Crippen molar-refractivity contribution in [3.63, 3.8) is 0 Å². The fourth-order valence-electron chi connectivity index (χ4n) is 2.16. The molecule has 2 aromatic carbocycles. The minimum atomic E-state index is 0. The Kier molecular flexibility index (Phi) is 10.0. The number of rotatable bonds is 9. The molecule has 0 aliphatic heterocycles. The number of benzene rings is 2. The molecule has 0 aromatic heterocycles. The maximum Gasteiger partial charge on any atom is 0.161 e. The molecule has 0 unspecified atom stereocenters. The predicted molar refractivity (Wildman–Crippen MR) is 104 cm³/mol. The maximum atomic E-state index is 8.82. The lowest BCUT2D eigenvalue weighted by atomic mass is 10.2. The van der Waals surface area contributed by atoms with Crippen LogP contribution in [-0.2, 0) is 13.2 Å². The fraction of sp³-hybridized carbons (Fsp3) is 0.333. The van der Waals surface area contributed by atoms with Crippen molar-refractivity contribution in [1.82, 2.24) is 5.32 Å². The molecule has 0 aliphatic carbocycles. The first-order valence-electron chi connectivity index (χ1n) is 7.78. The van der Waals surface area contributed by atoms with Gasteiger partial charge in [-0.25, -0.2) is 0 Å². The number of ether oxygens (including phenoxy) is 2. The van der Waals surface area contributed by atoms with E-state index in [0.29, 0.717) is 47.8 Å². The summed E-state index contributed by atoms with van der Waals surface area (Å²) in [4.78, 5) is 0. The summed E-state index contributed by atoms with van der Waals surface area (Å²) in [6.45, 7) is 4.13. The van der Waals surface area contributed by atoms with E-state index >= 15 is 0 Å². The lowest BCUT2D eigenvalue weighted by Crippen LogP contribution is -2.17. The van der Waals surface area contributed by atoms with Gasteiger partial charge in [-0.15, -0.1) is 12.4 Å². The molecule has 0 spiro atoms. The number of halogens is 3. The van der Waals surface area contributed by atoms with E-state index in [4.69, 9.17) is 37.8 Å². The number of hydrogen-bond acceptors (Lipinski definition) is 4. The molecule has 0 heterocycles. The summed E-state index contributed by atoms with van der Waals surface area (Å²) < 4.78 is 11.5. The molecule has 2 N–H and O–H groups in total. The lowest BCUT2D eigenvalue weighted by Gasteiger charge is -2.14. The average molecular weight is 407 g/mol. The molecule has 0 saturated heterocycles. The van der Waals surface area contributed by atoms with Crippen LogP contribution in [0.4, 0.5) is 0 Å². The van der Waals surface area contributed by atoms with E-state index in [1.807, 2.05) is 31.2 Å². The third-order valence-electron chi connectivity index (χ3n) is 3.32. The molecular formula is C18H22Cl3NO3. The van der Waals surface area contributed by atoms with Gasteiger partial charge in [-0.2, -0.15) is 0 Å². The van der Waals surface area contributed by atoms with Crippen LogP contribution in [0.5, 0.6) is 11.5 Å². The van der Waals surface area contributed by atoms with Crippen molar-refractivity contribution in [2.75, 3.05) is 19.8 Å². The number of aliphatic hydroxyl groups is 1. The summed E-state index contributed by atoms with van der Waals surface area (Å²) in [7, 11) is 0. The molecule has 25 heavy (non-hydrogen) atoms. The summed E-state index contributed by atoms with van der Waals surface area (Å²) >= 11 is 12.1. The van der Waals surface area contributed by atoms with Crippen molar-refractivity contribution < 1.29 is 14.6 Å². The largest absolute Gasteiger partial charge is 0.490 e. The Morgan fingerprint density at radius 1 is 1.04 bits per heavy atom. The van der Waals surface area contributed by atoms with Gasteiger partial charge in [-0.05, 0) is 36.8 Å². The van der Waals surface area contributed by atoms with Gasteiger partial charge in [0.2, 0.25) is 0 Å². The quantitative estimate of drug-likeness (QED) is 0.603. The third kappa shape index (κ3) is 6.92. The van der Waals surface area contributed by atoms with Gasteiger partial charge in [0.1, 0.15) is 6.61 Å². The highest BCUT2D eigenvalue weighted by molar-refractivity contribution is 6.35. The van der Waals surface area contributed by atoms with Crippen LogP contribution in [0.2, 0.25) is 10.0 Å². The van der Waals surface area contributed by atoms with Crippen molar-refractivity contribution in [1.29, 1.82) is 0 Å². The molecule has 4 nitrogen and oxygen atoms in total. The first kappa shape index (κ1) is 21.9. The van der Waals surface area contributed by atoms with Gasteiger partial charge >= 0.3 is 0 Å². The lowest BCUT2D eigenvalue weighted by molar-refractivity contribution is 0.269. The summed E-state index contributed by atoms with van der Waals surface area (Å²) in [5.41, 5.74) is 1.92. The van der Waals surface area contributed by atoms with Crippen LogP contribution in [-0.4, -0.2) is 24.9 Å². The number of aliphatic hydroxyl groups excluding tert-OH is 1. The van der Waals surface area contributed by atoms with Crippen molar-refractivity contribution in [3.05, 3.63) is 57.6 Å². The second kappa shape index (κ2) is 11.4. The number of nitrogens with one attached hydrogen (secondary N) is 1. The zero-order valence-electron chi connectivity index (χ0n) is 13.9. The van der Waals surface area contributed by atoms with E-state index < -0.39 is 0 Å². The van der Waals surface area contributed by atoms with Crippen LogP contribution in [0, 0.1) is 0 Å². The highest BCUT2D eigenvalue weighted by Gasteiger charge is 2.09. The molecule has 7 heteroatoms. The summed E-state index contributed by atoms with van der Waals surface area (Å²) in [5.74, 6) is 1.35. The summed E-state index contributed by atoms with van der Waals surface area (Å²) in [5, 5.41) is 13.1. The molecule has 0 bridgehead atoms. The van der Waals surface area contributed by atoms with Crippen molar-refractivity contribution in [2.45, 2.75) is 20.1 Å². The maximum absolute atomic E-state index is 8.82. The third-order valence-corrected chi connectivity index (χ3v) is 3.91. The highest BCUT2D eigenvalue weighted by Crippen LogP contribution is 2.30. The fourth-order valence-corrected chi connectivity index (χ4v) is 2.62. The Hall–Kier alpha value is -1.17. The molecule has 2 aromatic rings. The molecule has 2 rings (SSSR count). The van der Waals surface area contributed by atoms with Gasteiger partial charge in [0.05, 0.1) is 13.2 Å². The molecule has 0 atom stereocenters. The Balaban J connectivity index is 0.00000312. The van der Waals surface area contributed by atoms with E-state index in [2.05, 4.69) is 5.32 Å². The molecule has 0 radical (unpaired) electrons. The van der Waals surface area contributed by atoms with Crippen LogP contribution in [0.15, 0.2) is 36.4 Å². The van der Waals surface area contributed by atoms with Crippen molar-refractivity contribution in [3.8, 4) is 11.5 Å². The van der Waals surface area contributed by atoms with Gasteiger partial charge in [-0.1, -0.05) is 35.3 Å². The average Bonchev–Trinajstić information content (AvgIpc) is 2.56. The highest BCUT2D eigenvalue weighted by atomic mass is 35.5.